The molecule has 1 nitrogen and oxygen atoms in total. The lowest BCUT2D eigenvalue weighted by molar-refractivity contribution is 0.292. The average Bonchev–Trinajstić information content (AvgIpc) is 2.87. The smallest absolute Gasteiger partial charge is 0.106 e. The van der Waals surface area contributed by atoms with E-state index >= 15 is 0 Å². The van der Waals surface area contributed by atoms with Gasteiger partial charge in [-0.05, 0) is 34.9 Å². The molecule has 0 saturated heterocycles. The van der Waals surface area contributed by atoms with Crippen LogP contribution in [0.25, 0.3) is 0 Å². The van der Waals surface area contributed by atoms with Crippen LogP contribution in [0.1, 0.15) is 0 Å². The quantitative estimate of drug-likeness (QED) is 0.457. The molecule has 107 valence electrons. The van der Waals surface area contributed by atoms with Gasteiger partial charge in [0, 0.05) is 18.0 Å². The predicted molar refractivity (Wildman–Crippen MR) is 91.1 cm³/mol. The molecule has 3 rings (SSSR count). The molecule has 0 aromatic heterocycles. The molecule has 3 atom stereocenters. The standard InChI is InChI=1S/C15H15Cl3NS/c1-2-19-9-10-7-8-20(14(10)13(17)15(19)18)12-6-4-3-5-11(12)16/h3-8,13,15,20H,1-2,9H2. The van der Waals surface area contributed by atoms with Crippen molar-refractivity contribution >= 4 is 45.7 Å². The second-order valence-electron chi connectivity index (χ2n) is 4.79. The lowest BCUT2D eigenvalue weighted by Gasteiger charge is -2.37. The molecule has 5 heteroatoms. The van der Waals surface area contributed by atoms with Crippen LogP contribution in [0.2, 0.25) is 5.02 Å². The van der Waals surface area contributed by atoms with Gasteiger partial charge in [-0.15, -0.1) is 23.2 Å². The number of hydrogen-bond acceptors (Lipinski definition) is 1. The summed E-state index contributed by atoms with van der Waals surface area (Å²) in [7, 11) is -0.605. The average molecular weight is 348 g/mol. The molecule has 0 saturated carbocycles. The molecule has 20 heavy (non-hydrogen) atoms. The van der Waals surface area contributed by atoms with E-state index in [1.807, 2.05) is 18.2 Å². The molecule has 0 aliphatic carbocycles. The van der Waals surface area contributed by atoms with Crippen LogP contribution in [0.3, 0.4) is 0 Å². The number of hydrogen-bond donors (Lipinski definition) is 1. The van der Waals surface area contributed by atoms with Crippen LogP contribution in [-0.2, 0) is 0 Å². The van der Waals surface area contributed by atoms with Gasteiger partial charge in [0.25, 0.3) is 0 Å². The Balaban J connectivity index is 2.00. The van der Waals surface area contributed by atoms with Gasteiger partial charge in [-0.1, -0.05) is 29.8 Å². The highest BCUT2D eigenvalue weighted by molar-refractivity contribution is 8.23. The van der Waals surface area contributed by atoms with E-state index in [1.165, 1.54) is 10.5 Å². The highest BCUT2D eigenvalue weighted by atomic mass is 35.5. The highest BCUT2D eigenvalue weighted by Crippen LogP contribution is 2.57. The van der Waals surface area contributed by atoms with Crippen molar-refractivity contribution in [1.29, 1.82) is 0 Å². The zero-order chi connectivity index (χ0) is 14.3. The summed E-state index contributed by atoms with van der Waals surface area (Å²) in [4.78, 5) is 4.50. The van der Waals surface area contributed by atoms with Crippen LogP contribution in [0.15, 0.2) is 51.1 Å². The van der Waals surface area contributed by atoms with Gasteiger partial charge in [-0.3, -0.25) is 4.90 Å². The van der Waals surface area contributed by atoms with E-state index in [9.17, 15) is 0 Å². The highest BCUT2D eigenvalue weighted by Gasteiger charge is 2.37. The molecule has 0 N–H and O–H groups in total. The van der Waals surface area contributed by atoms with Crippen molar-refractivity contribution in [2.75, 3.05) is 13.1 Å². The number of halogens is 3. The van der Waals surface area contributed by atoms with E-state index in [2.05, 4.69) is 29.4 Å². The minimum atomic E-state index is -0.605. The normalized spacial score (nSPS) is 31.7. The minimum Gasteiger partial charge on any atom is -0.282 e. The van der Waals surface area contributed by atoms with Crippen molar-refractivity contribution < 1.29 is 0 Å². The van der Waals surface area contributed by atoms with Gasteiger partial charge < -0.3 is 0 Å². The van der Waals surface area contributed by atoms with Crippen molar-refractivity contribution in [3.8, 4) is 0 Å². The molecule has 0 bridgehead atoms. The van der Waals surface area contributed by atoms with Gasteiger partial charge in [0.15, 0.2) is 0 Å². The van der Waals surface area contributed by atoms with Gasteiger partial charge in [-0.2, -0.15) is 10.9 Å². The summed E-state index contributed by atoms with van der Waals surface area (Å²) in [5.74, 6) is 0. The van der Waals surface area contributed by atoms with Crippen LogP contribution >= 0.6 is 45.7 Å². The predicted octanol–water partition coefficient (Wildman–Crippen LogP) is 4.80. The van der Waals surface area contributed by atoms with Crippen molar-refractivity contribution in [1.82, 2.24) is 4.90 Å². The lowest BCUT2D eigenvalue weighted by atomic mass is 10.1. The Labute approximate surface area is 137 Å². The van der Waals surface area contributed by atoms with Crippen molar-refractivity contribution in [3.05, 3.63) is 58.2 Å². The Morgan fingerprint density at radius 2 is 2.05 bits per heavy atom. The largest absolute Gasteiger partial charge is 0.282 e. The number of alkyl halides is 2. The first-order valence-electron chi connectivity index (χ1n) is 6.40. The van der Waals surface area contributed by atoms with E-state index in [-0.39, 0.29) is 10.9 Å². The van der Waals surface area contributed by atoms with Crippen LogP contribution in [0.5, 0.6) is 0 Å². The monoisotopic (exact) mass is 346 g/mol. The summed E-state index contributed by atoms with van der Waals surface area (Å²) < 4.78 is 0. The van der Waals surface area contributed by atoms with Crippen molar-refractivity contribution in [2.24, 2.45) is 0 Å². The fourth-order valence-corrected chi connectivity index (χ4v) is 6.34. The molecule has 2 aliphatic rings. The van der Waals surface area contributed by atoms with E-state index in [1.54, 1.807) is 0 Å². The summed E-state index contributed by atoms with van der Waals surface area (Å²) in [6.07, 6.45) is 2.17. The SMILES string of the molecule is [CH2]CN1CC2=C(C(Cl)C1Cl)[SH](c1ccccc1Cl)C=C2. The Morgan fingerprint density at radius 3 is 2.75 bits per heavy atom. The molecular formula is C15H15Cl3NS. The Hall–Kier alpha value is -0.120. The fourth-order valence-electron chi connectivity index (χ4n) is 2.61. The summed E-state index contributed by atoms with van der Waals surface area (Å²) in [5, 5.41) is 2.83. The number of thiol groups is 1. The summed E-state index contributed by atoms with van der Waals surface area (Å²) >= 11 is 19.4. The van der Waals surface area contributed by atoms with E-state index in [0.29, 0.717) is 6.54 Å². The number of benzene rings is 1. The first-order chi connectivity index (χ1) is 9.63. The first-order valence-corrected chi connectivity index (χ1v) is 9.06. The molecule has 0 spiro atoms. The fraction of sp³-hybridized carbons (Fsp3) is 0.267. The zero-order valence-corrected chi connectivity index (χ0v) is 13.9. The third-order valence-electron chi connectivity index (χ3n) is 3.64. The van der Waals surface area contributed by atoms with Crippen LogP contribution in [0, 0.1) is 6.92 Å². The molecule has 3 unspecified atom stereocenters. The van der Waals surface area contributed by atoms with Gasteiger partial charge in [0.2, 0.25) is 0 Å². The van der Waals surface area contributed by atoms with Crippen LogP contribution in [0.4, 0.5) is 0 Å². The summed E-state index contributed by atoms with van der Waals surface area (Å²) in [6.45, 7) is 5.39. The van der Waals surface area contributed by atoms with Crippen LogP contribution in [-0.4, -0.2) is 28.9 Å². The van der Waals surface area contributed by atoms with Gasteiger partial charge in [-0.25, -0.2) is 0 Å². The number of nitrogens with zero attached hydrogens (tertiary/aromatic N) is 1. The third kappa shape index (κ3) is 2.42. The second-order valence-corrected chi connectivity index (χ2v) is 8.12. The Morgan fingerprint density at radius 1 is 1.30 bits per heavy atom. The van der Waals surface area contributed by atoms with Gasteiger partial charge in [0.05, 0.1) is 10.4 Å². The van der Waals surface area contributed by atoms with E-state index < -0.39 is 10.9 Å². The lowest BCUT2D eigenvalue weighted by Crippen LogP contribution is -2.43. The third-order valence-corrected chi connectivity index (χ3v) is 7.81. The maximum Gasteiger partial charge on any atom is 0.106 e. The van der Waals surface area contributed by atoms with E-state index in [4.69, 9.17) is 34.8 Å². The molecule has 0 fully saturated rings. The second kappa shape index (κ2) is 5.94. The maximum absolute atomic E-state index is 6.61. The Kier molecular flexibility index (Phi) is 4.40. The minimum absolute atomic E-state index is 0.195. The van der Waals surface area contributed by atoms with Crippen LogP contribution < -0.4 is 0 Å². The number of rotatable bonds is 2. The molecular weight excluding hydrogens is 333 g/mol. The molecule has 2 heterocycles. The van der Waals surface area contributed by atoms with Crippen molar-refractivity contribution in [2.45, 2.75) is 15.8 Å². The molecule has 0 amide bonds. The molecule has 1 radical (unpaired) electrons. The molecule has 1 aromatic rings. The van der Waals surface area contributed by atoms with Crippen molar-refractivity contribution in [3.63, 3.8) is 0 Å². The van der Waals surface area contributed by atoms with Gasteiger partial charge in [0.1, 0.15) is 5.50 Å². The Bertz CT molecular complexity index is 584. The molecule has 1 aromatic carbocycles. The van der Waals surface area contributed by atoms with E-state index in [0.717, 1.165) is 16.5 Å². The molecule has 2 aliphatic heterocycles. The zero-order valence-electron chi connectivity index (χ0n) is 10.8. The summed E-state index contributed by atoms with van der Waals surface area (Å²) in [5.41, 5.74) is 1.07. The summed E-state index contributed by atoms with van der Waals surface area (Å²) in [6, 6.07) is 7.97. The topological polar surface area (TPSA) is 3.24 Å². The van der Waals surface area contributed by atoms with Gasteiger partial charge >= 0.3 is 0 Å². The maximum atomic E-state index is 6.61. The first kappa shape index (κ1) is 14.8.